The molecule has 2 rings (SSSR count). The highest BCUT2D eigenvalue weighted by atomic mass is 79.9. The van der Waals surface area contributed by atoms with E-state index in [1.807, 2.05) is 24.3 Å². The minimum Gasteiger partial charge on any atom is -0.478 e. The van der Waals surface area contributed by atoms with Gasteiger partial charge >= 0.3 is 5.97 Å². The van der Waals surface area contributed by atoms with Gasteiger partial charge in [-0.15, -0.1) is 0 Å². The maximum atomic E-state index is 10.7. The van der Waals surface area contributed by atoms with Gasteiger partial charge in [0.2, 0.25) is 0 Å². The fourth-order valence-electron chi connectivity index (χ4n) is 1.86. The molecule has 1 aromatic carbocycles. The predicted octanol–water partition coefficient (Wildman–Crippen LogP) is 3.32. The molecule has 0 saturated heterocycles. The lowest BCUT2D eigenvalue weighted by Gasteiger charge is -2.00. The SMILES string of the molecule is N#CCCn1cc(/C=C/C(=O)O)c(-c2cccc(Br)c2)n1. The third-order valence-electron chi connectivity index (χ3n) is 2.75. The first-order valence-electron chi connectivity index (χ1n) is 6.21. The van der Waals surface area contributed by atoms with Crippen LogP contribution in [0.5, 0.6) is 0 Å². The third-order valence-corrected chi connectivity index (χ3v) is 3.24. The zero-order valence-electron chi connectivity index (χ0n) is 11.0. The first kappa shape index (κ1) is 15.0. The van der Waals surface area contributed by atoms with E-state index < -0.39 is 5.97 Å². The number of benzene rings is 1. The number of rotatable bonds is 5. The zero-order chi connectivity index (χ0) is 15.2. The van der Waals surface area contributed by atoms with E-state index in [1.165, 1.54) is 6.08 Å². The van der Waals surface area contributed by atoms with Crippen LogP contribution in [0.1, 0.15) is 12.0 Å². The Labute approximate surface area is 130 Å². The van der Waals surface area contributed by atoms with Gasteiger partial charge in [-0.25, -0.2) is 4.79 Å². The molecule has 0 atom stereocenters. The van der Waals surface area contributed by atoms with Crippen molar-refractivity contribution in [2.45, 2.75) is 13.0 Å². The predicted molar refractivity (Wildman–Crippen MR) is 82.3 cm³/mol. The number of hydrogen-bond acceptors (Lipinski definition) is 3. The number of nitriles is 1. The van der Waals surface area contributed by atoms with Crippen molar-refractivity contribution in [3.63, 3.8) is 0 Å². The lowest BCUT2D eigenvalue weighted by molar-refractivity contribution is -0.131. The van der Waals surface area contributed by atoms with Crippen molar-refractivity contribution in [3.05, 3.63) is 46.6 Å². The van der Waals surface area contributed by atoms with Gasteiger partial charge in [0.05, 0.1) is 24.7 Å². The number of carbonyl (C=O) groups is 1. The molecule has 0 aliphatic heterocycles. The fraction of sp³-hybridized carbons (Fsp3) is 0.133. The van der Waals surface area contributed by atoms with Gasteiger partial charge in [0.15, 0.2) is 0 Å². The number of carboxylic acid groups (broad SMARTS) is 1. The molecule has 0 aliphatic rings. The highest BCUT2D eigenvalue weighted by Crippen LogP contribution is 2.26. The summed E-state index contributed by atoms with van der Waals surface area (Å²) >= 11 is 3.41. The maximum Gasteiger partial charge on any atom is 0.328 e. The van der Waals surface area contributed by atoms with Crippen LogP contribution in [0.25, 0.3) is 17.3 Å². The van der Waals surface area contributed by atoms with Crippen LogP contribution in [-0.2, 0) is 11.3 Å². The molecule has 1 aromatic heterocycles. The summed E-state index contributed by atoms with van der Waals surface area (Å²) in [5.74, 6) is -1.01. The average Bonchev–Trinajstić information content (AvgIpc) is 2.86. The summed E-state index contributed by atoms with van der Waals surface area (Å²) < 4.78 is 2.57. The molecule has 0 spiro atoms. The van der Waals surface area contributed by atoms with Gasteiger partial charge in [-0.3, -0.25) is 4.68 Å². The molecule has 0 aliphatic carbocycles. The fourth-order valence-corrected chi connectivity index (χ4v) is 2.26. The highest BCUT2D eigenvalue weighted by molar-refractivity contribution is 9.10. The molecule has 2 aromatic rings. The Hall–Kier alpha value is -2.39. The zero-order valence-corrected chi connectivity index (χ0v) is 12.6. The summed E-state index contributed by atoms with van der Waals surface area (Å²) in [5, 5.41) is 21.8. The Morgan fingerprint density at radius 2 is 2.33 bits per heavy atom. The summed E-state index contributed by atoms with van der Waals surface area (Å²) in [4.78, 5) is 10.7. The van der Waals surface area contributed by atoms with Gasteiger partial charge in [0.25, 0.3) is 0 Å². The van der Waals surface area contributed by atoms with E-state index in [2.05, 4.69) is 27.1 Å². The Morgan fingerprint density at radius 1 is 1.52 bits per heavy atom. The van der Waals surface area contributed by atoms with Crippen LogP contribution in [0.3, 0.4) is 0 Å². The van der Waals surface area contributed by atoms with Crippen molar-refractivity contribution in [2.75, 3.05) is 0 Å². The first-order valence-corrected chi connectivity index (χ1v) is 7.01. The summed E-state index contributed by atoms with van der Waals surface area (Å²) in [6.07, 6.45) is 4.68. The minimum absolute atomic E-state index is 0.349. The molecule has 0 fully saturated rings. The summed E-state index contributed by atoms with van der Waals surface area (Å²) in [7, 11) is 0. The molecule has 6 heteroatoms. The number of aryl methyl sites for hydroxylation is 1. The topological polar surface area (TPSA) is 78.9 Å². The van der Waals surface area contributed by atoms with Crippen LogP contribution < -0.4 is 0 Å². The highest BCUT2D eigenvalue weighted by Gasteiger charge is 2.10. The second-order valence-corrected chi connectivity index (χ2v) is 5.20. The number of aliphatic carboxylic acids is 1. The van der Waals surface area contributed by atoms with Crippen molar-refractivity contribution in [1.29, 1.82) is 5.26 Å². The van der Waals surface area contributed by atoms with E-state index in [0.717, 1.165) is 16.1 Å². The monoisotopic (exact) mass is 345 g/mol. The van der Waals surface area contributed by atoms with E-state index in [1.54, 1.807) is 10.9 Å². The van der Waals surface area contributed by atoms with Gasteiger partial charge in [0, 0.05) is 27.9 Å². The van der Waals surface area contributed by atoms with Crippen LogP contribution >= 0.6 is 15.9 Å². The van der Waals surface area contributed by atoms with Gasteiger partial charge in [-0.05, 0) is 18.2 Å². The number of aromatic nitrogens is 2. The van der Waals surface area contributed by atoms with Crippen LogP contribution in [0, 0.1) is 11.3 Å². The van der Waals surface area contributed by atoms with Crippen molar-refractivity contribution >= 4 is 28.0 Å². The van der Waals surface area contributed by atoms with Gasteiger partial charge in [-0.1, -0.05) is 28.1 Å². The Balaban J connectivity index is 2.44. The molecule has 0 saturated carbocycles. The number of halogens is 1. The van der Waals surface area contributed by atoms with E-state index >= 15 is 0 Å². The lowest BCUT2D eigenvalue weighted by Crippen LogP contribution is -1.97. The van der Waals surface area contributed by atoms with Gasteiger partial charge < -0.3 is 5.11 Å². The Bertz CT molecular complexity index is 729. The lowest BCUT2D eigenvalue weighted by atomic mass is 10.1. The van der Waals surface area contributed by atoms with Crippen LogP contribution in [-0.4, -0.2) is 20.9 Å². The number of hydrogen-bond donors (Lipinski definition) is 1. The molecular formula is C15H12BrN3O2. The molecule has 0 radical (unpaired) electrons. The molecule has 0 unspecified atom stereocenters. The van der Waals surface area contributed by atoms with Crippen molar-refractivity contribution < 1.29 is 9.90 Å². The summed E-state index contributed by atoms with van der Waals surface area (Å²) in [6.45, 7) is 0.471. The quantitative estimate of drug-likeness (QED) is 0.843. The van der Waals surface area contributed by atoms with E-state index in [4.69, 9.17) is 10.4 Å². The van der Waals surface area contributed by atoms with E-state index in [-0.39, 0.29) is 0 Å². The van der Waals surface area contributed by atoms with Crippen molar-refractivity contribution in [1.82, 2.24) is 9.78 Å². The summed E-state index contributed by atoms with van der Waals surface area (Å²) in [6, 6.07) is 9.67. The maximum absolute atomic E-state index is 10.7. The van der Waals surface area contributed by atoms with Crippen LogP contribution in [0.2, 0.25) is 0 Å². The average molecular weight is 346 g/mol. The Morgan fingerprint density at radius 3 is 3.00 bits per heavy atom. The second-order valence-electron chi connectivity index (χ2n) is 4.29. The molecule has 0 amide bonds. The molecular weight excluding hydrogens is 334 g/mol. The first-order chi connectivity index (χ1) is 10.1. The van der Waals surface area contributed by atoms with Crippen molar-refractivity contribution in [3.8, 4) is 17.3 Å². The standard InChI is InChI=1S/C15H12BrN3O2/c16-13-4-1-3-11(9-13)15-12(5-6-14(20)21)10-19(18-15)8-2-7-17/h1,3-6,9-10H,2,8H2,(H,20,21)/b6-5+. The second kappa shape index (κ2) is 6.86. The van der Waals surface area contributed by atoms with Crippen LogP contribution in [0.4, 0.5) is 0 Å². The third kappa shape index (κ3) is 4.04. The largest absolute Gasteiger partial charge is 0.478 e. The van der Waals surface area contributed by atoms with E-state index in [0.29, 0.717) is 24.2 Å². The molecule has 21 heavy (non-hydrogen) atoms. The molecule has 0 bridgehead atoms. The molecule has 1 heterocycles. The summed E-state index contributed by atoms with van der Waals surface area (Å²) in [5.41, 5.74) is 2.27. The number of carboxylic acids is 1. The molecule has 1 N–H and O–H groups in total. The number of nitrogens with zero attached hydrogens (tertiary/aromatic N) is 3. The molecule has 106 valence electrons. The van der Waals surface area contributed by atoms with Gasteiger partial charge in [0.1, 0.15) is 0 Å². The Kier molecular flexibility index (Phi) is 4.90. The molecule has 5 nitrogen and oxygen atoms in total. The minimum atomic E-state index is -1.01. The van der Waals surface area contributed by atoms with E-state index in [9.17, 15) is 4.79 Å². The van der Waals surface area contributed by atoms with Crippen molar-refractivity contribution in [2.24, 2.45) is 0 Å². The normalized spacial score (nSPS) is 10.7. The van der Waals surface area contributed by atoms with Gasteiger partial charge in [-0.2, -0.15) is 10.4 Å². The van der Waals surface area contributed by atoms with Crippen LogP contribution in [0.15, 0.2) is 41.0 Å². The smallest absolute Gasteiger partial charge is 0.328 e.